The van der Waals surface area contributed by atoms with Gasteiger partial charge in [-0.2, -0.15) is 0 Å². The Balaban J connectivity index is 2.20. The number of carbonyl (C=O) groups is 1. The van der Waals surface area contributed by atoms with Gasteiger partial charge in [0, 0.05) is 25.7 Å². The minimum Gasteiger partial charge on any atom is -0.465 e. The maximum atomic E-state index is 10.9. The maximum absolute atomic E-state index is 10.9. The number of rotatable bonds is 1. The summed E-state index contributed by atoms with van der Waals surface area (Å²) in [5.74, 6) is 0. The number of benzene rings is 1. The molecule has 1 aromatic rings. The lowest BCUT2D eigenvalue weighted by atomic mass is 10.1. The SMILES string of the molecule is C[C@@H]1CN(C(=O)O)CCN1c1cccc(Cl)c1Cl. The van der Waals surface area contributed by atoms with Gasteiger partial charge in [-0.05, 0) is 19.1 Å². The molecule has 1 aromatic carbocycles. The molecule has 4 nitrogen and oxygen atoms in total. The maximum Gasteiger partial charge on any atom is 0.407 e. The molecule has 6 heteroatoms. The highest BCUT2D eigenvalue weighted by Gasteiger charge is 2.27. The van der Waals surface area contributed by atoms with E-state index < -0.39 is 6.09 Å². The molecule has 18 heavy (non-hydrogen) atoms. The van der Waals surface area contributed by atoms with Crippen molar-refractivity contribution in [1.82, 2.24) is 4.90 Å². The summed E-state index contributed by atoms with van der Waals surface area (Å²) < 4.78 is 0. The Kier molecular flexibility index (Phi) is 3.88. The summed E-state index contributed by atoms with van der Waals surface area (Å²) in [5, 5.41) is 10.0. The molecule has 0 spiro atoms. The standard InChI is InChI=1S/C12H14Cl2N2O2/c1-8-7-15(12(17)18)5-6-16(8)10-4-2-3-9(13)11(10)14/h2-4,8H,5-7H2,1H3,(H,17,18)/t8-/m1/s1. The van der Waals surface area contributed by atoms with E-state index in [0.717, 1.165) is 5.69 Å². The van der Waals surface area contributed by atoms with Gasteiger partial charge in [0.25, 0.3) is 0 Å². The molecule has 0 aliphatic carbocycles. The molecule has 0 unspecified atom stereocenters. The first-order valence-corrected chi connectivity index (χ1v) is 6.45. The van der Waals surface area contributed by atoms with E-state index in [4.69, 9.17) is 28.3 Å². The fraction of sp³-hybridized carbons (Fsp3) is 0.417. The Bertz CT molecular complexity index is 467. The smallest absolute Gasteiger partial charge is 0.407 e. The molecule has 1 fully saturated rings. The van der Waals surface area contributed by atoms with E-state index in [9.17, 15) is 4.79 Å². The van der Waals surface area contributed by atoms with Gasteiger partial charge in [0.2, 0.25) is 0 Å². The minimum absolute atomic E-state index is 0.0748. The van der Waals surface area contributed by atoms with Gasteiger partial charge in [0.15, 0.2) is 0 Å². The number of halogens is 2. The second-order valence-electron chi connectivity index (χ2n) is 4.34. The van der Waals surface area contributed by atoms with Gasteiger partial charge in [0.1, 0.15) is 0 Å². The second-order valence-corrected chi connectivity index (χ2v) is 5.13. The average molecular weight is 289 g/mol. The molecule has 98 valence electrons. The molecular weight excluding hydrogens is 275 g/mol. The van der Waals surface area contributed by atoms with Crippen LogP contribution < -0.4 is 4.90 Å². The van der Waals surface area contributed by atoms with E-state index in [2.05, 4.69) is 4.90 Å². The number of anilines is 1. The second kappa shape index (κ2) is 5.24. The van der Waals surface area contributed by atoms with Crippen LogP contribution in [0.25, 0.3) is 0 Å². The fourth-order valence-electron chi connectivity index (χ4n) is 2.20. The highest BCUT2D eigenvalue weighted by atomic mass is 35.5. The lowest BCUT2D eigenvalue weighted by Crippen LogP contribution is -2.53. The van der Waals surface area contributed by atoms with Crippen molar-refractivity contribution in [3.63, 3.8) is 0 Å². The number of hydrogen-bond donors (Lipinski definition) is 1. The van der Waals surface area contributed by atoms with Crippen molar-refractivity contribution < 1.29 is 9.90 Å². The molecule has 1 N–H and O–H groups in total. The third kappa shape index (κ3) is 2.49. The summed E-state index contributed by atoms with van der Waals surface area (Å²) in [4.78, 5) is 14.4. The zero-order valence-electron chi connectivity index (χ0n) is 9.94. The van der Waals surface area contributed by atoms with E-state index >= 15 is 0 Å². The van der Waals surface area contributed by atoms with Crippen LogP contribution >= 0.6 is 23.2 Å². The summed E-state index contributed by atoms with van der Waals surface area (Å²) in [7, 11) is 0. The zero-order valence-corrected chi connectivity index (χ0v) is 11.4. The Hall–Kier alpha value is -1.13. The average Bonchev–Trinajstić information content (AvgIpc) is 2.33. The summed E-state index contributed by atoms with van der Waals surface area (Å²) in [5.41, 5.74) is 0.863. The molecule has 1 amide bonds. The van der Waals surface area contributed by atoms with Crippen molar-refractivity contribution in [3.8, 4) is 0 Å². The van der Waals surface area contributed by atoms with Crippen molar-refractivity contribution in [2.24, 2.45) is 0 Å². The molecule has 0 aromatic heterocycles. The van der Waals surface area contributed by atoms with Crippen LogP contribution in [0.5, 0.6) is 0 Å². The molecule has 2 rings (SSSR count). The number of carboxylic acid groups (broad SMARTS) is 1. The predicted molar refractivity (Wildman–Crippen MR) is 72.9 cm³/mol. The van der Waals surface area contributed by atoms with E-state index in [1.807, 2.05) is 19.1 Å². The zero-order chi connectivity index (χ0) is 13.3. The van der Waals surface area contributed by atoms with E-state index in [0.29, 0.717) is 29.7 Å². The molecular formula is C12H14Cl2N2O2. The van der Waals surface area contributed by atoms with Crippen molar-refractivity contribution >= 4 is 35.0 Å². The third-order valence-electron chi connectivity index (χ3n) is 3.14. The van der Waals surface area contributed by atoms with Crippen LogP contribution in [0.3, 0.4) is 0 Å². The summed E-state index contributed by atoms with van der Waals surface area (Å²) >= 11 is 12.2. The third-order valence-corrected chi connectivity index (χ3v) is 3.95. The topological polar surface area (TPSA) is 43.8 Å². The van der Waals surface area contributed by atoms with Crippen LogP contribution in [0.4, 0.5) is 10.5 Å². The van der Waals surface area contributed by atoms with Gasteiger partial charge < -0.3 is 14.9 Å². The minimum atomic E-state index is -0.876. The Morgan fingerprint density at radius 2 is 2.11 bits per heavy atom. The van der Waals surface area contributed by atoms with Crippen LogP contribution in [-0.2, 0) is 0 Å². The Morgan fingerprint density at radius 1 is 1.39 bits per heavy atom. The highest BCUT2D eigenvalue weighted by Crippen LogP contribution is 2.34. The predicted octanol–water partition coefficient (Wildman–Crippen LogP) is 3.18. The largest absolute Gasteiger partial charge is 0.465 e. The lowest BCUT2D eigenvalue weighted by molar-refractivity contribution is 0.136. The summed E-state index contributed by atoms with van der Waals surface area (Å²) in [6, 6.07) is 5.57. The molecule has 1 heterocycles. The summed E-state index contributed by atoms with van der Waals surface area (Å²) in [6.07, 6.45) is -0.876. The first-order chi connectivity index (χ1) is 8.50. The summed E-state index contributed by atoms with van der Waals surface area (Å²) in [6.45, 7) is 3.54. The number of amides is 1. The Labute approximate surface area is 116 Å². The normalized spacial score (nSPS) is 20.1. The molecule has 0 saturated carbocycles. The van der Waals surface area contributed by atoms with E-state index in [1.54, 1.807) is 6.07 Å². The molecule has 1 saturated heterocycles. The van der Waals surface area contributed by atoms with Gasteiger partial charge in [0.05, 0.1) is 15.7 Å². The first kappa shape index (κ1) is 13.3. The lowest BCUT2D eigenvalue weighted by Gasteiger charge is -2.40. The van der Waals surface area contributed by atoms with Gasteiger partial charge in [-0.25, -0.2) is 4.79 Å². The molecule has 0 radical (unpaired) electrons. The van der Waals surface area contributed by atoms with E-state index in [-0.39, 0.29) is 6.04 Å². The van der Waals surface area contributed by atoms with Crippen LogP contribution in [0, 0.1) is 0 Å². The quantitative estimate of drug-likeness (QED) is 0.863. The monoisotopic (exact) mass is 288 g/mol. The molecule has 1 aliphatic rings. The van der Waals surface area contributed by atoms with Crippen LogP contribution in [0.2, 0.25) is 10.0 Å². The highest BCUT2D eigenvalue weighted by molar-refractivity contribution is 6.43. The van der Waals surface area contributed by atoms with Crippen LogP contribution in [0.15, 0.2) is 18.2 Å². The van der Waals surface area contributed by atoms with Gasteiger partial charge in [-0.1, -0.05) is 29.3 Å². The van der Waals surface area contributed by atoms with E-state index in [1.165, 1.54) is 4.90 Å². The van der Waals surface area contributed by atoms with Crippen LogP contribution in [0.1, 0.15) is 6.92 Å². The first-order valence-electron chi connectivity index (χ1n) is 5.69. The fourth-order valence-corrected chi connectivity index (χ4v) is 2.61. The van der Waals surface area contributed by atoms with Crippen molar-refractivity contribution in [2.75, 3.05) is 24.5 Å². The van der Waals surface area contributed by atoms with Crippen LogP contribution in [-0.4, -0.2) is 41.8 Å². The van der Waals surface area contributed by atoms with Crippen molar-refractivity contribution in [2.45, 2.75) is 13.0 Å². The van der Waals surface area contributed by atoms with Crippen molar-refractivity contribution in [3.05, 3.63) is 28.2 Å². The van der Waals surface area contributed by atoms with Gasteiger partial charge in [-0.15, -0.1) is 0 Å². The van der Waals surface area contributed by atoms with Crippen molar-refractivity contribution in [1.29, 1.82) is 0 Å². The van der Waals surface area contributed by atoms with Gasteiger partial charge in [-0.3, -0.25) is 0 Å². The number of nitrogens with zero attached hydrogens (tertiary/aromatic N) is 2. The molecule has 1 aliphatic heterocycles. The number of piperazine rings is 1. The van der Waals surface area contributed by atoms with Gasteiger partial charge >= 0.3 is 6.09 Å². The number of hydrogen-bond acceptors (Lipinski definition) is 2. The molecule has 0 bridgehead atoms. The Morgan fingerprint density at radius 3 is 2.72 bits per heavy atom. The molecule has 1 atom stereocenters.